The van der Waals surface area contributed by atoms with Gasteiger partial charge in [0.15, 0.2) is 0 Å². The minimum absolute atomic E-state index is 0.935. The zero-order valence-corrected chi connectivity index (χ0v) is 11.1. The van der Waals surface area contributed by atoms with E-state index in [-0.39, 0.29) is 0 Å². The second-order valence-corrected chi connectivity index (χ2v) is 5.32. The van der Waals surface area contributed by atoms with Gasteiger partial charge in [0.1, 0.15) is 0 Å². The van der Waals surface area contributed by atoms with Crippen molar-refractivity contribution < 1.29 is 0 Å². The highest BCUT2D eigenvalue weighted by atomic mass is 79.9. The van der Waals surface area contributed by atoms with E-state index in [9.17, 15) is 0 Å². The SMILES string of the molecule is Cc1cc2c(Br)csc2cc1CBr. The maximum Gasteiger partial charge on any atom is 0.0361 e. The smallest absolute Gasteiger partial charge is 0.0361 e. The predicted molar refractivity (Wildman–Crippen MR) is 66.9 cm³/mol. The zero-order chi connectivity index (χ0) is 9.42. The Balaban J connectivity index is 2.76. The van der Waals surface area contributed by atoms with Gasteiger partial charge in [0, 0.05) is 25.3 Å². The lowest BCUT2D eigenvalue weighted by Gasteiger charge is -2.01. The maximum atomic E-state index is 3.55. The molecule has 0 fully saturated rings. The average Bonchev–Trinajstić information content (AvgIpc) is 2.47. The van der Waals surface area contributed by atoms with Gasteiger partial charge in [0.25, 0.3) is 0 Å². The monoisotopic (exact) mass is 318 g/mol. The van der Waals surface area contributed by atoms with Crippen molar-refractivity contribution in [2.24, 2.45) is 0 Å². The molecule has 2 aromatic rings. The Bertz CT molecular complexity index is 445. The molecule has 2 rings (SSSR count). The van der Waals surface area contributed by atoms with Gasteiger partial charge in [-0.15, -0.1) is 11.3 Å². The zero-order valence-electron chi connectivity index (χ0n) is 7.10. The highest BCUT2D eigenvalue weighted by Crippen LogP contribution is 2.32. The number of hydrogen-bond donors (Lipinski definition) is 0. The first kappa shape index (κ1) is 9.69. The van der Waals surface area contributed by atoms with E-state index in [1.54, 1.807) is 11.3 Å². The lowest BCUT2D eigenvalue weighted by molar-refractivity contribution is 1.35. The van der Waals surface area contributed by atoms with Crippen LogP contribution in [0.5, 0.6) is 0 Å². The van der Waals surface area contributed by atoms with Crippen LogP contribution >= 0.6 is 43.2 Å². The lowest BCUT2D eigenvalue weighted by Crippen LogP contribution is -1.82. The fourth-order valence-electron chi connectivity index (χ4n) is 1.34. The molecule has 1 heterocycles. The number of fused-ring (bicyclic) bond motifs is 1. The van der Waals surface area contributed by atoms with Crippen LogP contribution in [-0.2, 0) is 5.33 Å². The fraction of sp³-hybridized carbons (Fsp3) is 0.200. The summed E-state index contributed by atoms with van der Waals surface area (Å²) in [5.74, 6) is 0. The van der Waals surface area contributed by atoms with E-state index in [4.69, 9.17) is 0 Å². The van der Waals surface area contributed by atoms with Crippen molar-refractivity contribution in [1.29, 1.82) is 0 Å². The summed E-state index contributed by atoms with van der Waals surface area (Å²) in [6, 6.07) is 4.50. The van der Waals surface area contributed by atoms with Crippen LogP contribution in [0.1, 0.15) is 11.1 Å². The summed E-state index contributed by atoms with van der Waals surface area (Å²) < 4.78 is 2.56. The molecule has 1 aromatic carbocycles. The Labute approximate surface area is 98.2 Å². The van der Waals surface area contributed by atoms with E-state index in [1.807, 2.05) is 0 Å². The number of alkyl halides is 1. The molecule has 0 unspecified atom stereocenters. The molecule has 0 aliphatic rings. The van der Waals surface area contributed by atoms with Crippen LogP contribution in [0.3, 0.4) is 0 Å². The molecule has 0 bridgehead atoms. The minimum atomic E-state index is 0.935. The summed E-state index contributed by atoms with van der Waals surface area (Å²) in [5.41, 5.74) is 2.73. The molecular formula is C10H8Br2S. The van der Waals surface area contributed by atoms with Crippen molar-refractivity contribution in [3.8, 4) is 0 Å². The molecule has 3 heteroatoms. The van der Waals surface area contributed by atoms with Gasteiger partial charge in [0.2, 0.25) is 0 Å². The summed E-state index contributed by atoms with van der Waals surface area (Å²) in [5, 5.41) is 4.40. The van der Waals surface area contributed by atoms with E-state index in [1.165, 1.54) is 25.7 Å². The molecule has 13 heavy (non-hydrogen) atoms. The number of benzene rings is 1. The van der Waals surface area contributed by atoms with Crippen molar-refractivity contribution >= 4 is 53.3 Å². The molecule has 0 saturated heterocycles. The first-order valence-electron chi connectivity index (χ1n) is 3.94. The lowest BCUT2D eigenvalue weighted by atomic mass is 10.1. The fourth-order valence-corrected chi connectivity index (χ4v) is 3.54. The predicted octanol–water partition coefficient (Wildman–Crippen LogP) is 4.87. The molecule has 0 spiro atoms. The highest BCUT2D eigenvalue weighted by molar-refractivity contribution is 9.10. The summed E-state index contributed by atoms with van der Waals surface area (Å²) in [6.45, 7) is 2.15. The van der Waals surface area contributed by atoms with E-state index in [0.29, 0.717) is 0 Å². The molecule has 0 aliphatic carbocycles. The first-order chi connectivity index (χ1) is 6.22. The number of halogens is 2. The quantitative estimate of drug-likeness (QED) is 0.658. The van der Waals surface area contributed by atoms with Crippen LogP contribution in [0.4, 0.5) is 0 Å². The van der Waals surface area contributed by atoms with Gasteiger partial charge in [-0.05, 0) is 46.1 Å². The van der Waals surface area contributed by atoms with Crippen LogP contribution in [0.15, 0.2) is 22.0 Å². The van der Waals surface area contributed by atoms with E-state index in [0.717, 1.165) is 5.33 Å². The van der Waals surface area contributed by atoms with E-state index in [2.05, 4.69) is 56.3 Å². The first-order valence-corrected chi connectivity index (χ1v) is 6.74. The van der Waals surface area contributed by atoms with Crippen molar-refractivity contribution in [3.63, 3.8) is 0 Å². The van der Waals surface area contributed by atoms with Gasteiger partial charge >= 0.3 is 0 Å². The normalized spacial score (nSPS) is 11.0. The largest absolute Gasteiger partial charge is 0.143 e. The second-order valence-electron chi connectivity index (χ2n) is 2.99. The molecule has 0 amide bonds. The molecule has 0 N–H and O–H groups in total. The second kappa shape index (κ2) is 3.71. The third-order valence-corrected chi connectivity index (χ3v) is 4.64. The van der Waals surface area contributed by atoms with Gasteiger partial charge in [-0.1, -0.05) is 15.9 Å². The van der Waals surface area contributed by atoms with Crippen LogP contribution in [0, 0.1) is 6.92 Å². The van der Waals surface area contributed by atoms with Gasteiger partial charge in [-0.2, -0.15) is 0 Å². The average molecular weight is 320 g/mol. The van der Waals surface area contributed by atoms with Gasteiger partial charge in [-0.25, -0.2) is 0 Å². The molecular weight excluding hydrogens is 312 g/mol. The Morgan fingerprint density at radius 2 is 2.15 bits per heavy atom. The Morgan fingerprint density at radius 1 is 1.38 bits per heavy atom. The number of aryl methyl sites for hydroxylation is 1. The molecule has 0 radical (unpaired) electrons. The van der Waals surface area contributed by atoms with Crippen molar-refractivity contribution in [2.75, 3.05) is 0 Å². The molecule has 68 valence electrons. The van der Waals surface area contributed by atoms with Crippen LogP contribution < -0.4 is 0 Å². The number of hydrogen-bond acceptors (Lipinski definition) is 1. The maximum absolute atomic E-state index is 3.55. The molecule has 0 saturated carbocycles. The Kier molecular flexibility index (Phi) is 2.77. The molecule has 1 aromatic heterocycles. The summed E-state index contributed by atoms with van der Waals surface area (Å²) in [4.78, 5) is 0. The van der Waals surface area contributed by atoms with E-state index < -0.39 is 0 Å². The molecule has 0 nitrogen and oxygen atoms in total. The Morgan fingerprint density at radius 3 is 2.85 bits per heavy atom. The molecule has 0 aliphatic heterocycles. The number of rotatable bonds is 1. The van der Waals surface area contributed by atoms with Crippen molar-refractivity contribution in [3.05, 3.63) is 33.1 Å². The van der Waals surface area contributed by atoms with Gasteiger partial charge in [-0.3, -0.25) is 0 Å². The van der Waals surface area contributed by atoms with Crippen LogP contribution in [-0.4, -0.2) is 0 Å². The third-order valence-electron chi connectivity index (χ3n) is 2.13. The van der Waals surface area contributed by atoms with Gasteiger partial charge < -0.3 is 0 Å². The summed E-state index contributed by atoms with van der Waals surface area (Å²) >= 11 is 8.82. The Hall–Kier alpha value is 0.140. The van der Waals surface area contributed by atoms with Crippen LogP contribution in [0.2, 0.25) is 0 Å². The van der Waals surface area contributed by atoms with Crippen LogP contribution in [0.25, 0.3) is 10.1 Å². The van der Waals surface area contributed by atoms with Gasteiger partial charge in [0.05, 0.1) is 0 Å². The standard InChI is InChI=1S/C10H8Br2S/c1-6-2-8-9(12)5-13-10(8)3-7(6)4-11/h2-3,5H,4H2,1H3. The van der Waals surface area contributed by atoms with Crippen molar-refractivity contribution in [1.82, 2.24) is 0 Å². The topological polar surface area (TPSA) is 0 Å². The minimum Gasteiger partial charge on any atom is -0.143 e. The summed E-state index contributed by atoms with van der Waals surface area (Å²) in [6.07, 6.45) is 0. The summed E-state index contributed by atoms with van der Waals surface area (Å²) in [7, 11) is 0. The third kappa shape index (κ3) is 1.69. The molecule has 0 atom stereocenters. The highest BCUT2D eigenvalue weighted by Gasteiger charge is 2.04. The van der Waals surface area contributed by atoms with Crippen molar-refractivity contribution in [2.45, 2.75) is 12.3 Å². The van der Waals surface area contributed by atoms with E-state index >= 15 is 0 Å². The number of thiophene rings is 1.